The number of phosphoric acid groups is 1. The molecule has 7 atom stereocenters. The number of quaternary nitrogens is 1. The third-order valence-electron chi connectivity index (χ3n) is 8.28. The van der Waals surface area contributed by atoms with Gasteiger partial charge in [-0.2, -0.15) is 0 Å². The van der Waals surface area contributed by atoms with Crippen LogP contribution in [0, 0.1) is 35.5 Å². The normalized spacial score (nSPS) is 25.5. The van der Waals surface area contributed by atoms with Gasteiger partial charge >= 0.3 is 13.8 Å². The van der Waals surface area contributed by atoms with Crippen LogP contribution in [0.3, 0.4) is 0 Å². The molecule has 0 saturated heterocycles. The zero-order valence-electron chi connectivity index (χ0n) is 25.6. The molecule has 0 heterocycles. The lowest BCUT2D eigenvalue weighted by Crippen LogP contribution is -2.42. The SMILES string of the molecule is CC#CCC(C)[C@H](O)/C=C/[C@@H]1[C@H]2C/C(=C/COCC(=O)OCC[N+](C)(C)Cc3ccccc3OP(=O)([O-])O)C[C@H]2C[C@H]1O. The first-order valence-corrected chi connectivity index (χ1v) is 16.3. The highest BCUT2D eigenvalue weighted by molar-refractivity contribution is 7.45. The van der Waals surface area contributed by atoms with Gasteiger partial charge < -0.3 is 38.5 Å². The van der Waals surface area contributed by atoms with Gasteiger partial charge in [-0.3, -0.25) is 4.57 Å². The number of carbonyl (C=O) groups excluding carboxylic acids is 1. The van der Waals surface area contributed by atoms with Crippen molar-refractivity contribution in [3.05, 3.63) is 53.6 Å². The van der Waals surface area contributed by atoms with Crippen molar-refractivity contribution in [3.8, 4) is 17.6 Å². The predicted molar refractivity (Wildman–Crippen MR) is 160 cm³/mol. The van der Waals surface area contributed by atoms with Crippen LogP contribution in [0.1, 0.15) is 45.1 Å². The van der Waals surface area contributed by atoms with Gasteiger partial charge in [0.15, 0.2) is 0 Å². The van der Waals surface area contributed by atoms with Gasteiger partial charge in [0.25, 0.3) is 0 Å². The Labute approximate surface area is 255 Å². The summed E-state index contributed by atoms with van der Waals surface area (Å²) in [4.78, 5) is 32.4. The molecule has 0 bridgehead atoms. The number of rotatable bonds is 15. The number of benzene rings is 1. The second kappa shape index (κ2) is 16.0. The van der Waals surface area contributed by atoms with E-state index < -0.39 is 26.0 Å². The summed E-state index contributed by atoms with van der Waals surface area (Å²) in [6.07, 6.45) is 7.96. The number of aliphatic hydroxyl groups is 2. The number of nitrogens with zero attached hydrogens (tertiary/aromatic N) is 1. The van der Waals surface area contributed by atoms with Crippen LogP contribution in [0.2, 0.25) is 0 Å². The first kappa shape index (κ1) is 35.0. The lowest BCUT2D eigenvalue weighted by atomic mass is 9.89. The fourth-order valence-electron chi connectivity index (χ4n) is 5.91. The largest absolute Gasteiger partial charge is 0.746 e. The molecule has 2 aliphatic rings. The molecule has 0 aromatic heterocycles. The molecule has 10 nitrogen and oxygen atoms in total. The van der Waals surface area contributed by atoms with Crippen molar-refractivity contribution >= 4 is 13.8 Å². The van der Waals surface area contributed by atoms with E-state index in [1.54, 1.807) is 25.1 Å². The summed E-state index contributed by atoms with van der Waals surface area (Å²) in [6, 6.07) is 6.55. The fourth-order valence-corrected chi connectivity index (χ4v) is 6.34. The molecule has 3 N–H and O–H groups in total. The van der Waals surface area contributed by atoms with Gasteiger partial charge in [0.2, 0.25) is 0 Å². The van der Waals surface area contributed by atoms with Gasteiger partial charge in [-0.1, -0.05) is 42.9 Å². The number of ether oxygens (including phenoxy) is 2. The Hall–Kier alpha value is -2.48. The Bertz CT molecular complexity index is 1240. The smallest absolute Gasteiger partial charge is 0.332 e. The van der Waals surface area contributed by atoms with Crippen LogP contribution in [0.4, 0.5) is 0 Å². The highest BCUT2D eigenvalue weighted by Crippen LogP contribution is 2.50. The summed E-state index contributed by atoms with van der Waals surface area (Å²) in [5.74, 6) is 6.22. The summed E-state index contributed by atoms with van der Waals surface area (Å²) in [7, 11) is -1.11. The number of para-hydroxylation sites is 1. The number of phosphoric ester groups is 1. The van der Waals surface area contributed by atoms with Gasteiger partial charge in [0, 0.05) is 17.9 Å². The van der Waals surface area contributed by atoms with Crippen LogP contribution in [0.5, 0.6) is 5.75 Å². The zero-order chi connectivity index (χ0) is 31.6. The summed E-state index contributed by atoms with van der Waals surface area (Å²) < 4.78 is 27.1. The summed E-state index contributed by atoms with van der Waals surface area (Å²) in [6.45, 7) is 4.89. The number of fused-ring (bicyclic) bond motifs is 1. The molecular weight excluding hydrogens is 573 g/mol. The second-order valence-corrected chi connectivity index (χ2v) is 13.4. The molecule has 0 amide bonds. The van der Waals surface area contributed by atoms with Crippen molar-refractivity contribution < 1.29 is 47.8 Å². The summed E-state index contributed by atoms with van der Waals surface area (Å²) >= 11 is 0. The lowest BCUT2D eigenvalue weighted by molar-refractivity contribution is -0.903. The van der Waals surface area contributed by atoms with Crippen LogP contribution < -0.4 is 9.42 Å². The molecule has 2 saturated carbocycles. The predicted octanol–water partition coefficient (Wildman–Crippen LogP) is 2.96. The fraction of sp³-hybridized carbons (Fsp3) is 0.594. The molecular formula is C32H46NO9P. The summed E-state index contributed by atoms with van der Waals surface area (Å²) in [5, 5.41) is 21.0. The minimum absolute atomic E-state index is 0.0117. The van der Waals surface area contributed by atoms with E-state index in [0.717, 1.165) is 19.3 Å². The average molecular weight is 620 g/mol. The molecule has 43 heavy (non-hydrogen) atoms. The first-order valence-electron chi connectivity index (χ1n) is 14.8. The second-order valence-electron chi connectivity index (χ2n) is 12.3. The van der Waals surface area contributed by atoms with Gasteiger partial charge in [0.05, 0.1) is 32.9 Å². The van der Waals surface area contributed by atoms with E-state index in [4.69, 9.17) is 18.9 Å². The lowest BCUT2D eigenvalue weighted by Gasteiger charge is -2.30. The van der Waals surface area contributed by atoms with Crippen LogP contribution in [0.25, 0.3) is 0 Å². The number of carbonyl (C=O) groups is 1. The monoisotopic (exact) mass is 619 g/mol. The van der Waals surface area contributed by atoms with Gasteiger partial charge in [-0.05, 0) is 56.1 Å². The molecule has 1 aromatic carbocycles. The highest BCUT2D eigenvalue weighted by atomic mass is 31.2. The Kier molecular flexibility index (Phi) is 13.0. The van der Waals surface area contributed by atoms with E-state index in [0.29, 0.717) is 48.0 Å². The van der Waals surface area contributed by atoms with Crippen molar-refractivity contribution in [1.29, 1.82) is 0 Å². The van der Waals surface area contributed by atoms with E-state index in [1.165, 1.54) is 11.6 Å². The van der Waals surface area contributed by atoms with Crippen molar-refractivity contribution in [3.63, 3.8) is 0 Å². The molecule has 2 fully saturated rings. The van der Waals surface area contributed by atoms with Crippen LogP contribution >= 0.6 is 7.82 Å². The Morgan fingerprint density at radius 2 is 2.02 bits per heavy atom. The third kappa shape index (κ3) is 11.5. The molecule has 2 unspecified atom stereocenters. The Balaban J connectivity index is 1.38. The maximum atomic E-state index is 12.2. The van der Waals surface area contributed by atoms with Gasteiger partial charge in [-0.25, -0.2) is 4.79 Å². The maximum Gasteiger partial charge on any atom is 0.332 e. The maximum absolute atomic E-state index is 12.2. The van der Waals surface area contributed by atoms with Gasteiger partial charge in [-0.15, -0.1) is 11.8 Å². The van der Waals surface area contributed by atoms with Crippen molar-refractivity contribution in [2.24, 2.45) is 23.7 Å². The number of likely N-dealkylation sites (N-methyl/N-ethyl adjacent to an activating group) is 1. The topological polar surface area (TPSA) is 146 Å². The van der Waals surface area contributed by atoms with Crippen LogP contribution in [-0.2, 0) is 25.4 Å². The Morgan fingerprint density at radius 3 is 2.74 bits per heavy atom. The minimum Gasteiger partial charge on any atom is -0.746 e. The molecule has 1 aromatic rings. The van der Waals surface area contributed by atoms with E-state index in [2.05, 4.69) is 11.8 Å². The van der Waals surface area contributed by atoms with E-state index in [1.807, 2.05) is 39.2 Å². The molecule has 3 rings (SSSR count). The number of esters is 1. The standard InChI is InChI=1S/C32H46NO9P/c1-5-6-9-23(2)29(34)13-12-27-28-19-24(18-26(28)20-30(27)35)14-16-40-22-32(36)41-17-15-33(3,4)21-25-10-7-8-11-31(25)42-43(37,38)39/h7-8,10-14,23,26-30,34-35H,9,15-22H2,1-4H3,(H-,37,38,39)/b13-12+,24-14+/t23?,26-,27+,28-,29+,30+/m0/s1. The third-order valence-corrected chi connectivity index (χ3v) is 8.71. The molecule has 0 aliphatic heterocycles. The van der Waals surface area contributed by atoms with E-state index in [9.17, 15) is 24.5 Å². The number of allylic oxidation sites excluding steroid dienone is 1. The summed E-state index contributed by atoms with van der Waals surface area (Å²) in [5.41, 5.74) is 1.86. The quantitative estimate of drug-likeness (QED) is 0.0674. The Morgan fingerprint density at radius 1 is 1.28 bits per heavy atom. The van der Waals surface area contributed by atoms with E-state index >= 15 is 0 Å². The van der Waals surface area contributed by atoms with Gasteiger partial charge in [0.1, 0.15) is 32.1 Å². The molecule has 0 spiro atoms. The van der Waals surface area contributed by atoms with Crippen molar-refractivity contribution in [1.82, 2.24) is 0 Å². The highest BCUT2D eigenvalue weighted by Gasteiger charge is 2.45. The van der Waals surface area contributed by atoms with Crippen LogP contribution in [0.15, 0.2) is 48.1 Å². The van der Waals surface area contributed by atoms with E-state index in [-0.39, 0.29) is 30.8 Å². The first-order chi connectivity index (χ1) is 20.3. The molecule has 0 radical (unpaired) electrons. The molecule has 238 valence electrons. The minimum atomic E-state index is -4.93. The average Bonchev–Trinajstić information content (AvgIpc) is 3.44. The zero-order valence-corrected chi connectivity index (χ0v) is 26.4. The molecule has 2 aliphatic carbocycles. The number of hydrogen-bond donors (Lipinski definition) is 3. The van der Waals surface area contributed by atoms with Crippen LogP contribution in [-0.4, -0.2) is 78.2 Å². The number of hydrogen-bond acceptors (Lipinski definition) is 8. The van der Waals surface area contributed by atoms with Crippen molar-refractivity contribution in [2.75, 3.05) is 40.5 Å². The number of aliphatic hydroxyl groups excluding tert-OH is 2. The molecule has 11 heteroatoms. The van der Waals surface area contributed by atoms with Crippen molar-refractivity contribution in [2.45, 2.75) is 58.3 Å².